The lowest BCUT2D eigenvalue weighted by Crippen LogP contribution is -2.33. The fourth-order valence-corrected chi connectivity index (χ4v) is 6.54. The van der Waals surface area contributed by atoms with Gasteiger partial charge in [0.15, 0.2) is 0 Å². The molecule has 0 saturated heterocycles. The van der Waals surface area contributed by atoms with E-state index in [9.17, 15) is 13.2 Å². The quantitative estimate of drug-likeness (QED) is 0.308. The Morgan fingerprint density at radius 1 is 0.647 bits per heavy atom. The molecule has 2 unspecified atom stereocenters. The third-order valence-corrected chi connectivity index (χ3v) is 8.32. The Bertz CT molecular complexity index is 1540. The molecule has 1 aromatic heterocycles. The minimum Gasteiger partial charge on any atom is -0.284 e. The summed E-state index contributed by atoms with van der Waals surface area (Å²) in [5.74, 6) is 0.257. The number of rotatable bonds is 4. The van der Waals surface area contributed by atoms with E-state index in [4.69, 9.17) is 34.8 Å². The number of hydrogen-bond donors (Lipinski definition) is 0. The van der Waals surface area contributed by atoms with Crippen molar-refractivity contribution in [1.29, 1.82) is 0 Å². The van der Waals surface area contributed by atoms with Crippen molar-refractivity contribution >= 4 is 50.6 Å². The number of anilines is 1. The van der Waals surface area contributed by atoms with Crippen molar-refractivity contribution in [2.24, 2.45) is 0 Å². The second-order valence-corrected chi connectivity index (χ2v) is 11.0. The minimum absolute atomic E-state index is 0.0265. The fourth-order valence-electron chi connectivity index (χ4n) is 4.34. The smallest absolute Gasteiger partial charge is 0.266 e. The van der Waals surface area contributed by atoms with Crippen LogP contribution in [0.5, 0.6) is 0 Å². The van der Waals surface area contributed by atoms with Gasteiger partial charge in [-0.15, -0.1) is 0 Å². The summed E-state index contributed by atoms with van der Waals surface area (Å²) >= 11 is 18.4. The summed E-state index contributed by atoms with van der Waals surface area (Å²) < 4.78 is 30.9. The number of pyridine rings is 1. The van der Waals surface area contributed by atoms with Crippen molar-refractivity contribution in [3.63, 3.8) is 0 Å². The third-order valence-electron chi connectivity index (χ3n) is 5.80. The molecule has 0 radical (unpaired) electrons. The maximum absolute atomic E-state index is 14.0. The SMILES string of the molecule is O=c1cccc2n1C(c1ccc(Cl)cc1)C(c1ccc(Cl)cc1)N2S(=O)(=O)c1cccc(Cl)c1. The largest absolute Gasteiger partial charge is 0.284 e. The summed E-state index contributed by atoms with van der Waals surface area (Å²) in [5.41, 5.74) is 1.10. The number of halogens is 3. The van der Waals surface area contributed by atoms with E-state index in [2.05, 4.69) is 0 Å². The highest BCUT2D eigenvalue weighted by molar-refractivity contribution is 7.92. The van der Waals surface area contributed by atoms with Gasteiger partial charge in [0.25, 0.3) is 15.6 Å². The lowest BCUT2D eigenvalue weighted by Gasteiger charge is -2.29. The Labute approximate surface area is 211 Å². The monoisotopic (exact) mass is 530 g/mol. The zero-order valence-electron chi connectivity index (χ0n) is 17.5. The van der Waals surface area contributed by atoms with Gasteiger partial charge in [0, 0.05) is 21.1 Å². The van der Waals surface area contributed by atoms with E-state index < -0.39 is 22.1 Å². The number of sulfonamides is 1. The summed E-state index contributed by atoms with van der Waals surface area (Å²) in [6.07, 6.45) is 0. The van der Waals surface area contributed by atoms with Gasteiger partial charge in [0.1, 0.15) is 5.82 Å². The molecule has 0 amide bonds. The van der Waals surface area contributed by atoms with Gasteiger partial charge in [0.05, 0.1) is 17.0 Å². The number of fused-ring (bicyclic) bond motifs is 1. The van der Waals surface area contributed by atoms with Gasteiger partial charge in [0.2, 0.25) is 0 Å². The third kappa shape index (κ3) is 3.91. The van der Waals surface area contributed by atoms with Gasteiger partial charge in [-0.1, -0.05) is 71.2 Å². The molecule has 5 nitrogen and oxygen atoms in total. The molecule has 4 aromatic rings. The highest BCUT2D eigenvalue weighted by Gasteiger charge is 2.47. The molecule has 0 fully saturated rings. The molecule has 3 aromatic carbocycles. The molecule has 2 heterocycles. The van der Waals surface area contributed by atoms with Gasteiger partial charge in [-0.25, -0.2) is 12.7 Å². The number of aromatic nitrogens is 1. The normalized spacial score (nSPS) is 17.6. The molecular formula is C25H17Cl3N2O3S. The first-order chi connectivity index (χ1) is 16.3. The molecule has 9 heteroatoms. The van der Waals surface area contributed by atoms with Crippen LogP contribution in [-0.2, 0) is 10.0 Å². The van der Waals surface area contributed by atoms with Crippen molar-refractivity contribution in [2.75, 3.05) is 4.31 Å². The van der Waals surface area contributed by atoms with Crippen LogP contribution >= 0.6 is 34.8 Å². The number of nitrogens with zero attached hydrogens (tertiary/aromatic N) is 2. The topological polar surface area (TPSA) is 59.4 Å². The number of benzene rings is 3. The van der Waals surface area contributed by atoms with E-state index in [0.717, 1.165) is 5.56 Å². The average molecular weight is 532 g/mol. The van der Waals surface area contributed by atoms with Crippen molar-refractivity contribution in [3.05, 3.63) is 128 Å². The fraction of sp³-hybridized carbons (Fsp3) is 0.0800. The Morgan fingerprint density at radius 3 is 1.79 bits per heavy atom. The lowest BCUT2D eigenvalue weighted by molar-refractivity contribution is 0.529. The van der Waals surface area contributed by atoms with Gasteiger partial charge in [-0.2, -0.15) is 0 Å². The summed E-state index contributed by atoms with van der Waals surface area (Å²) in [6, 6.07) is 23.2. The van der Waals surface area contributed by atoms with Gasteiger partial charge >= 0.3 is 0 Å². The molecule has 2 atom stereocenters. The lowest BCUT2D eigenvalue weighted by atomic mass is 9.94. The molecule has 0 saturated carbocycles. The summed E-state index contributed by atoms with van der Waals surface area (Å²) in [6.45, 7) is 0. The Balaban J connectivity index is 1.82. The first-order valence-corrected chi connectivity index (χ1v) is 12.9. The van der Waals surface area contributed by atoms with E-state index >= 15 is 0 Å². The second-order valence-electron chi connectivity index (χ2n) is 7.84. The van der Waals surface area contributed by atoms with Crippen LogP contribution in [0.1, 0.15) is 23.2 Å². The summed E-state index contributed by atoms with van der Waals surface area (Å²) in [4.78, 5) is 13.2. The van der Waals surface area contributed by atoms with Gasteiger partial charge in [-0.3, -0.25) is 9.36 Å². The number of hydrogen-bond acceptors (Lipinski definition) is 3. The predicted molar refractivity (Wildman–Crippen MR) is 136 cm³/mol. The first kappa shape index (κ1) is 23.0. The Morgan fingerprint density at radius 2 is 1.21 bits per heavy atom. The van der Waals surface area contributed by atoms with E-state index in [1.54, 1.807) is 72.8 Å². The van der Waals surface area contributed by atoms with Crippen LogP contribution in [0.25, 0.3) is 0 Å². The van der Waals surface area contributed by atoms with Gasteiger partial charge < -0.3 is 0 Å². The zero-order valence-corrected chi connectivity index (χ0v) is 20.6. The molecule has 0 spiro atoms. The van der Waals surface area contributed by atoms with Crippen LogP contribution < -0.4 is 9.86 Å². The molecule has 172 valence electrons. The molecule has 0 aliphatic carbocycles. The minimum atomic E-state index is -4.12. The van der Waals surface area contributed by atoms with E-state index in [1.807, 2.05) is 0 Å². The van der Waals surface area contributed by atoms with Crippen molar-refractivity contribution in [1.82, 2.24) is 4.57 Å². The highest BCUT2D eigenvalue weighted by Crippen LogP contribution is 2.49. The maximum Gasteiger partial charge on any atom is 0.266 e. The van der Waals surface area contributed by atoms with Crippen LogP contribution in [0, 0.1) is 0 Å². The van der Waals surface area contributed by atoms with Crippen LogP contribution in [0.3, 0.4) is 0 Å². The molecule has 0 N–H and O–H groups in total. The molecule has 5 rings (SSSR count). The van der Waals surface area contributed by atoms with E-state index in [1.165, 1.54) is 27.1 Å². The van der Waals surface area contributed by atoms with Crippen molar-refractivity contribution in [3.8, 4) is 0 Å². The molecule has 34 heavy (non-hydrogen) atoms. The standard InChI is InChI=1S/C25H17Cl3N2O3S/c26-18-11-7-16(8-12-18)24-25(17-9-13-19(27)14-10-17)30(22-5-2-6-23(31)29(22)24)34(32,33)21-4-1-3-20(28)15-21/h1-15,24-25H. The van der Waals surface area contributed by atoms with Crippen molar-refractivity contribution in [2.45, 2.75) is 17.0 Å². The molecule has 0 bridgehead atoms. The van der Waals surface area contributed by atoms with Gasteiger partial charge in [-0.05, 0) is 59.7 Å². The Kier molecular flexibility index (Phi) is 5.94. The zero-order chi connectivity index (χ0) is 24.0. The van der Waals surface area contributed by atoms with Crippen LogP contribution in [0.4, 0.5) is 5.82 Å². The van der Waals surface area contributed by atoms with Crippen LogP contribution in [-0.4, -0.2) is 13.0 Å². The summed E-state index contributed by atoms with van der Waals surface area (Å²) in [5, 5.41) is 1.35. The van der Waals surface area contributed by atoms with Crippen molar-refractivity contribution < 1.29 is 8.42 Å². The second kappa shape index (κ2) is 8.78. The van der Waals surface area contributed by atoms with Crippen LogP contribution in [0.2, 0.25) is 15.1 Å². The predicted octanol–water partition coefficient (Wildman–Crippen LogP) is 6.35. The van der Waals surface area contributed by atoms with Crippen LogP contribution in [0.15, 0.2) is 101 Å². The molecule has 1 aliphatic heterocycles. The van der Waals surface area contributed by atoms with E-state index in [-0.39, 0.29) is 16.3 Å². The highest BCUT2D eigenvalue weighted by atomic mass is 35.5. The molecular weight excluding hydrogens is 515 g/mol. The van der Waals surface area contributed by atoms with E-state index in [0.29, 0.717) is 20.6 Å². The first-order valence-electron chi connectivity index (χ1n) is 10.3. The maximum atomic E-state index is 14.0. The summed E-state index contributed by atoms with van der Waals surface area (Å²) in [7, 11) is -4.12. The Hall–Kier alpha value is -2.77. The molecule has 1 aliphatic rings. The average Bonchev–Trinajstić information content (AvgIpc) is 3.17.